The van der Waals surface area contributed by atoms with Crippen molar-refractivity contribution in [1.82, 2.24) is 0 Å². The van der Waals surface area contributed by atoms with Crippen LogP contribution in [0.3, 0.4) is 0 Å². The Bertz CT molecular complexity index is 111. The molecule has 0 aliphatic heterocycles. The van der Waals surface area contributed by atoms with Gasteiger partial charge in [0.15, 0.2) is 0 Å². The molecule has 66 valence electrons. The van der Waals surface area contributed by atoms with Gasteiger partial charge >= 0.3 is 71.9 Å². The molecule has 0 spiro atoms. The third-order valence-corrected chi connectivity index (χ3v) is 2.77. The Morgan fingerprint density at radius 1 is 1.27 bits per heavy atom. The molecule has 11 heavy (non-hydrogen) atoms. The maximum atomic E-state index is 10.5. The molecule has 0 N–H and O–H groups in total. The summed E-state index contributed by atoms with van der Waals surface area (Å²) in [5.74, 6) is -0.341. The molecule has 0 heterocycles. The van der Waals surface area contributed by atoms with Gasteiger partial charge in [0.05, 0.1) is 0 Å². The minimum atomic E-state index is -2.21. The van der Waals surface area contributed by atoms with Gasteiger partial charge in [0.2, 0.25) is 0 Å². The van der Waals surface area contributed by atoms with Crippen molar-refractivity contribution in [3.8, 4) is 0 Å². The molecule has 0 atom stereocenters. The first-order valence-corrected chi connectivity index (χ1v) is 5.16. The van der Waals surface area contributed by atoms with Crippen LogP contribution in [0.4, 0.5) is 0 Å². The standard InChI is InChI=1S/C2H4O2.2C2H5O.V/c1-2(3)4;2*1-2-3;/h1H3,(H,3,4);2*2H2,1H3;/q;2*-1;+3/p-1. The van der Waals surface area contributed by atoms with Gasteiger partial charge in [-0.3, -0.25) is 0 Å². The van der Waals surface area contributed by atoms with Crippen molar-refractivity contribution in [2.45, 2.75) is 20.8 Å². The number of hydrogen-bond donors (Lipinski definition) is 0. The van der Waals surface area contributed by atoms with Crippen LogP contribution in [-0.4, -0.2) is 19.2 Å². The van der Waals surface area contributed by atoms with E-state index in [1.807, 2.05) is 13.8 Å². The number of rotatable bonds is 5. The minimum absolute atomic E-state index is 0.341. The molecule has 0 saturated heterocycles. The molecule has 0 aromatic carbocycles. The Morgan fingerprint density at radius 2 is 1.73 bits per heavy atom. The van der Waals surface area contributed by atoms with E-state index < -0.39 is 16.2 Å². The van der Waals surface area contributed by atoms with Crippen LogP contribution in [0, 0.1) is 0 Å². The van der Waals surface area contributed by atoms with Crippen molar-refractivity contribution in [3.05, 3.63) is 0 Å². The van der Waals surface area contributed by atoms with Crippen LogP contribution in [-0.2, 0) is 32.0 Å². The van der Waals surface area contributed by atoms with Crippen LogP contribution >= 0.6 is 0 Å². The second-order valence-electron chi connectivity index (χ2n) is 1.64. The molecule has 0 aromatic heterocycles. The summed E-state index contributed by atoms with van der Waals surface area (Å²) in [6, 6.07) is 0. The first-order chi connectivity index (χ1) is 5.20. The van der Waals surface area contributed by atoms with Crippen LogP contribution < -0.4 is 0 Å². The van der Waals surface area contributed by atoms with Crippen LogP contribution in [0.25, 0.3) is 0 Å². The fraction of sp³-hybridized carbons (Fsp3) is 0.833. The van der Waals surface area contributed by atoms with Crippen molar-refractivity contribution in [3.63, 3.8) is 0 Å². The van der Waals surface area contributed by atoms with E-state index in [0.29, 0.717) is 13.2 Å². The Balaban J connectivity index is 3.59. The van der Waals surface area contributed by atoms with Crippen molar-refractivity contribution < 1.29 is 32.0 Å². The summed E-state index contributed by atoms with van der Waals surface area (Å²) in [7, 11) is 0. The summed E-state index contributed by atoms with van der Waals surface area (Å²) in [5, 5.41) is 0. The van der Waals surface area contributed by atoms with Gasteiger partial charge in [-0.1, -0.05) is 0 Å². The van der Waals surface area contributed by atoms with Gasteiger partial charge in [-0.05, 0) is 0 Å². The van der Waals surface area contributed by atoms with E-state index in [4.69, 9.17) is 11.0 Å². The monoisotopic (exact) mass is 200 g/mol. The number of carbonyl (C=O) groups is 1. The van der Waals surface area contributed by atoms with Crippen LogP contribution in [0.1, 0.15) is 20.8 Å². The molecule has 0 radical (unpaired) electrons. The topological polar surface area (TPSA) is 44.8 Å². The van der Waals surface area contributed by atoms with E-state index in [1.165, 1.54) is 6.92 Å². The van der Waals surface area contributed by atoms with Gasteiger partial charge in [-0.2, -0.15) is 0 Å². The summed E-state index contributed by atoms with van der Waals surface area (Å²) in [4.78, 5) is 10.5. The zero-order valence-electron chi connectivity index (χ0n) is 6.99. The summed E-state index contributed by atoms with van der Waals surface area (Å²) in [6.45, 7) is 6.06. The van der Waals surface area contributed by atoms with E-state index in [0.717, 1.165) is 0 Å². The molecule has 5 heteroatoms. The molecule has 0 saturated carbocycles. The predicted octanol–water partition coefficient (Wildman–Crippen LogP) is 0.986. The first-order valence-electron chi connectivity index (χ1n) is 3.45. The van der Waals surface area contributed by atoms with Crippen molar-refractivity contribution in [2.24, 2.45) is 0 Å². The van der Waals surface area contributed by atoms with E-state index in [-0.39, 0.29) is 5.97 Å². The molecule has 4 nitrogen and oxygen atoms in total. The van der Waals surface area contributed by atoms with E-state index in [2.05, 4.69) is 0 Å². The van der Waals surface area contributed by atoms with Crippen molar-refractivity contribution in [2.75, 3.05) is 13.2 Å². The van der Waals surface area contributed by atoms with Crippen LogP contribution in [0.5, 0.6) is 0 Å². The molecule has 0 fully saturated rings. The fourth-order valence-corrected chi connectivity index (χ4v) is 1.67. The normalized spacial score (nSPS) is 10.2. The van der Waals surface area contributed by atoms with E-state index in [9.17, 15) is 4.79 Å². The quantitative estimate of drug-likeness (QED) is 0.663. The molecule has 0 rings (SSSR count). The summed E-state index contributed by atoms with van der Waals surface area (Å²) in [5.41, 5.74) is 0. The molecule has 0 aliphatic carbocycles. The summed E-state index contributed by atoms with van der Waals surface area (Å²) >= 11 is -2.21. The molecule has 0 aliphatic rings. The van der Waals surface area contributed by atoms with Crippen molar-refractivity contribution >= 4 is 5.97 Å². The van der Waals surface area contributed by atoms with Crippen molar-refractivity contribution in [1.29, 1.82) is 0 Å². The summed E-state index contributed by atoms with van der Waals surface area (Å²) < 4.78 is 14.9. The molecule has 0 unspecified atom stereocenters. The average Bonchev–Trinajstić information content (AvgIpc) is 1.87. The third-order valence-electron chi connectivity index (χ3n) is 0.672. The van der Waals surface area contributed by atoms with Gasteiger partial charge in [0, 0.05) is 0 Å². The number of hydrogen-bond acceptors (Lipinski definition) is 4. The Labute approximate surface area is 72.4 Å². The van der Waals surface area contributed by atoms with Gasteiger partial charge in [0.25, 0.3) is 0 Å². The molecular weight excluding hydrogens is 187 g/mol. The Kier molecular flexibility index (Phi) is 6.65. The van der Waals surface area contributed by atoms with Crippen LogP contribution in [0.15, 0.2) is 0 Å². The van der Waals surface area contributed by atoms with E-state index >= 15 is 0 Å². The van der Waals surface area contributed by atoms with Gasteiger partial charge in [-0.25, -0.2) is 0 Å². The average molecular weight is 200 g/mol. The Morgan fingerprint density at radius 3 is 2.00 bits per heavy atom. The molecule has 0 bridgehead atoms. The first kappa shape index (κ1) is 11.0. The predicted molar refractivity (Wildman–Crippen MR) is 35.0 cm³/mol. The van der Waals surface area contributed by atoms with Gasteiger partial charge < -0.3 is 0 Å². The second-order valence-corrected chi connectivity index (χ2v) is 3.43. The third kappa shape index (κ3) is 6.38. The SMILES string of the molecule is CC[O][V]([O]CC)[O]C(C)=O. The second kappa shape index (κ2) is 6.67. The van der Waals surface area contributed by atoms with E-state index in [1.54, 1.807) is 0 Å². The maximum absolute atomic E-state index is 10.5. The number of carbonyl (C=O) groups excluding carboxylic acids is 1. The van der Waals surface area contributed by atoms with Gasteiger partial charge in [-0.15, -0.1) is 0 Å². The zero-order chi connectivity index (χ0) is 8.69. The molecule has 0 aromatic rings. The van der Waals surface area contributed by atoms with Gasteiger partial charge in [0.1, 0.15) is 0 Å². The summed E-state index contributed by atoms with van der Waals surface area (Å²) in [6.07, 6.45) is 0. The molecular formula is C6H13O4V. The fourth-order valence-electron chi connectivity index (χ4n) is 0.406. The Hall–Kier alpha value is -0.0256. The van der Waals surface area contributed by atoms with Crippen LogP contribution in [0.2, 0.25) is 0 Å². The zero-order valence-corrected chi connectivity index (χ0v) is 8.39. The molecule has 0 amide bonds.